The van der Waals surface area contributed by atoms with Crippen molar-refractivity contribution in [3.05, 3.63) is 54.9 Å². The molecule has 0 aromatic heterocycles. The van der Waals surface area contributed by atoms with Crippen LogP contribution in [0.3, 0.4) is 0 Å². The topological polar surface area (TPSA) is 0 Å². The second kappa shape index (κ2) is 5.46. The fraction of sp³-hybridized carbons (Fsp3) is 0.526. The Morgan fingerprint density at radius 2 is 2.00 bits per heavy atom. The molecular weight excluding hydrogens is 228 g/mol. The molecule has 0 aromatic carbocycles. The summed E-state index contributed by atoms with van der Waals surface area (Å²) in [6.45, 7) is 7.23. The maximum atomic E-state index is 2.43. The van der Waals surface area contributed by atoms with Crippen LogP contribution in [0.2, 0.25) is 0 Å². The van der Waals surface area contributed by atoms with Crippen molar-refractivity contribution in [3.8, 4) is 0 Å². The number of fused-ring (bicyclic) bond motifs is 1. The van der Waals surface area contributed by atoms with E-state index < -0.39 is 0 Å². The quantitative estimate of drug-likeness (QED) is 0.652. The van der Waals surface area contributed by atoms with Gasteiger partial charge in [0.2, 0.25) is 0 Å². The molecule has 3 aliphatic rings. The zero-order valence-corrected chi connectivity index (χ0v) is 12.4. The molecule has 2 saturated carbocycles. The van der Waals surface area contributed by atoms with Gasteiger partial charge in [-0.15, -0.1) is 0 Å². The molecule has 0 spiro atoms. The highest BCUT2D eigenvalue weighted by atomic mass is 14.4. The highest BCUT2D eigenvalue weighted by Crippen LogP contribution is 2.50. The molecule has 0 bridgehead atoms. The predicted octanol–water partition coefficient (Wildman–Crippen LogP) is 4.97. The van der Waals surface area contributed by atoms with Crippen molar-refractivity contribution < 1.29 is 0 Å². The lowest BCUT2D eigenvalue weighted by atomic mass is 9.63. The average molecular weight is 253 g/mol. The van der Waals surface area contributed by atoms with Crippen LogP contribution >= 0.6 is 0 Å². The second-order valence-corrected chi connectivity index (χ2v) is 6.81. The van der Waals surface area contributed by atoms with E-state index in [0.717, 1.165) is 23.7 Å². The SMILES string of the molecule is CC1CCC(C(C)C)C(C2=CC=C[C]3[CH][CH][CH][C]32)C1. The molecule has 3 rings (SSSR count). The van der Waals surface area contributed by atoms with Gasteiger partial charge in [-0.2, -0.15) is 0 Å². The first-order valence-corrected chi connectivity index (χ1v) is 7.81. The summed E-state index contributed by atoms with van der Waals surface area (Å²) in [6.07, 6.45) is 17.8. The lowest BCUT2D eigenvalue weighted by molar-refractivity contribution is 0.170. The van der Waals surface area contributed by atoms with Gasteiger partial charge in [-0.05, 0) is 55.8 Å². The molecule has 19 heavy (non-hydrogen) atoms. The minimum absolute atomic E-state index is 0.759. The van der Waals surface area contributed by atoms with Crippen LogP contribution in [0.5, 0.6) is 0 Å². The minimum atomic E-state index is 0.759. The zero-order chi connectivity index (χ0) is 13.4. The van der Waals surface area contributed by atoms with Gasteiger partial charge >= 0.3 is 0 Å². The van der Waals surface area contributed by atoms with Crippen molar-refractivity contribution in [2.45, 2.75) is 40.0 Å². The molecule has 0 N–H and O–H groups in total. The largest absolute Gasteiger partial charge is 0.0762 e. The van der Waals surface area contributed by atoms with Gasteiger partial charge < -0.3 is 0 Å². The molecule has 3 atom stereocenters. The molecule has 0 amide bonds. The Morgan fingerprint density at radius 1 is 1.16 bits per heavy atom. The van der Waals surface area contributed by atoms with Gasteiger partial charge in [0.05, 0.1) is 0 Å². The summed E-state index contributed by atoms with van der Waals surface area (Å²) in [6, 6.07) is 0. The Balaban J connectivity index is 1.85. The van der Waals surface area contributed by atoms with E-state index in [0.29, 0.717) is 0 Å². The lowest BCUT2D eigenvalue weighted by Gasteiger charge is -2.41. The lowest BCUT2D eigenvalue weighted by Crippen LogP contribution is -2.31. The van der Waals surface area contributed by atoms with Gasteiger partial charge in [0.1, 0.15) is 0 Å². The second-order valence-electron chi connectivity index (χ2n) is 6.81. The van der Waals surface area contributed by atoms with Crippen LogP contribution in [0.25, 0.3) is 0 Å². The monoisotopic (exact) mass is 253 g/mol. The van der Waals surface area contributed by atoms with Gasteiger partial charge in [0.25, 0.3) is 0 Å². The average Bonchev–Trinajstić information content (AvgIpc) is 2.86. The summed E-state index contributed by atoms with van der Waals surface area (Å²) in [5, 5.41) is 0. The highest BCUT2D eigenvalue weighted by Gasteiger charge is 2.40. The summed E-state index contributed by atoms with van der Waals surface area (Å²) < 4.78 is 0. The third kappa shape index (κ3) is 2.56. The molecule has 3 aliphatic carbocycles. The third-order valence-electron chi connectivity index (χ3n) is 5.13. The number of rotatable bonds is 2. The summed E-state index contributed by atoms with van der Waals surface area (Å²) >= 11 is 0. The van der Waals surface area contributed by atoms with Crippen LogP contribution < -0.4 is 0 Å². The molecule has 0 heterocycles. The normalized spacial score (nSPS) is 36.6. The van der Waals surface area contributed by atoms with Gasteiger partial charge in [-0.1, -0.05) is 51.0 Å². The first kappa shape index (κ1) is 13.5. The van der Waals surface area contributed by atoms with Crippen molar-refractivity contribution in [1.29, 1.82) is 0 Å². The van der Waals surface area contributed by atoms with E-state index in [1.54, 1.807) is 5.57 Å². The molecule has 0 saturated heterocycles. The Bertz CT molecular complexity index is 373. The van der Waals surface area contributed by atoms with E-state index in [1.807, 2.05) is 0 Å². The molecular formula is C19H25. The zero-order valence-electron chi connectivity index (χ0n) is 12.4. The van der Waals surface area contributed by atoms with Crippen LogP contribution in [0.15, 0.2) is 23.8 Å². The Labute approximate surface area is 119 Å². The summed E-state index contributed by atoms with van der Waals surface area (Å²) in [7, 11) is 0. The predicted molar refractivity (Wildman–Crippen MR) is 81.4 cm³/mol. The summed E-state index contributed by atoms with van der Waals surface area (Å²) in [4.78, 5) is 0. The van der Waals surface area contributed by atoms with E-state index >= 15 is 0 Å². The van der Waals surface area contributed by atoms with Crippen molar-refractivity contribution in [3.63, 3.8) is 0 Å². The van der Waals surface area contributed by atoms with E-state index in [2.05, 4.69) is 58.3 Å². The first-order valence-electron chi connectivity index (χ1n) is 7.81. The van der Waals surface area contributed by atoms with Crippen LogP contribution in [0.1, 0.15) is 40.0 Å². The van der Waals surface area contributed by atoms with E-state index in [9.17, 15) is 0 Å². The standard InChI is InChI=1S/C19H25/c1-13(2)16-11-10-14(3)12-19(16)18-9-5-7-15-6-4-8-17(15)18/h4-9,13-14,16,19H,10-12H2,1-3H3. The number of hydrogen-bond donors (Lipinski definition) is 0. The van der Waals surface area contributed by atoms with Crippen LogP contribution in [-0.2, 0) is 0 Å². The van der Waals surface area contributed by atoms with Crippen LogP contribution in [0, 0.1) is 54.8 Å². The highest BCUT2D eigenvalue weighted by molar-refractivity contribution is 5.62. The Hall–Kier alpha value is -0.520. The van der Waals surface area contributed by atoms with Crippen molar-refractivity contribution in [1.82, 2.24) is 0 Å². The van der Waals surface area contributed by atoms with Crippen molar-refractivity contribution >= 4 is 0 Å². The molecule has 2 fully saturated rings. The van der Waals surface area contributed by atoms with Crippen LogP contribution in [0.4, 0.5) is 0 Å². The van der Waals surface area contributed by atoms with Gasteiger partial charge in [-0.3, -0.25) is 0 Å². The number of allylic oxidation sites excluding steroid dienone is 4. The smallest absolute Gasteiger partial charge is 0.0160 e. The van der Waals surface area contributed by atoms with Gasteiger partial charge in [0, 0.05) is 11.8 Å². The van der Waals surface area contributed by atoms with Crippen LogP contribution in [-0.4, -0.2) is 0 Å². The van der Waals surface area contributed by atoms with Gasteiger partial charge in [-0.25, -0.2) is 0 Å². The summed E-state index contributed by atoms with van der Waals surface area (Å²) in [5.41, 5.74) is 1.60. The molecule has 0 aromatic rings. The fourth-order valence-corrected chi connectivity index (χ4v) is 4.07. The number of hydrogen-bond acceptors (Lipinski definition) is 0. The Kier molecular flexibility index (Phi) is 3.87. The fourth-order valence-electron chi connectivity index (χ4n) is 4.07. The molecule has 0 nitrogen and oxygen atoms in total. The maximum Gasteiger partial charge on any atom is 0.0160 e. The van der Waals surface area contributed by atoms with Crippen molar-refractivity contribution in [2.75, 3.05) is 0 Å². The Morgan fingerprint density at radius 3 is 2.79 bits per heavy atom. The van der Waals surface area contributed by atoms with Crippen molar-refractivity contribution in [2.24, 2.45) is 23.7 Å². The molecule has 3 unspecified atom stereocenters. The first-order chi connectivity index (χ1) is 9.16. The summed E-state index contributed by atoms with van der Waals surface area (Å²) in [5.74, 6) is 6.20. The van der Waals surface area contributed by atoms with E-state index in [4.69, 9.17) is 0 Å². The molecule has 0 aliphatic heterocycles. The van der Waals surface area contributed by atoms with E-state index in [1.165, 1.54) is 31.1 Å². The molecule has 0 heteroatoms. The molecule has 5 radical (unpaired) electrons. The van der Waals surface area contributed by atoms with Gasteiger partial charge in [0.15, 0.2) is 0 Å². The van der Waals surface area contributed by atoms with E-state index in [-0.39, 0.29) is 0 Å². The molecule has 101 valence electrons. The minimum Gasteiger partial charge on any atom is -0.0762 e. The maximum absolute atomic E-state index is 2.43. The third-order valence-corrected chi connectivity index (χ3v) is 5.13.